The molecule has 0 atom stereocenters. The van der Waals surface area contributed by atoms with Crippen LogP contribution in [0.5, 0.6) is 5.75 Å². The monoisotopic (exact) mass is 391 g/mol. The van der Waals surface area contributed by atoms with Crippen LogP contribution in [0.4, 0.5) is 4.39 Å². The summed E-state index contributed by atoms with van der Waals surface area (Å²) in [6.45, 7) is 0.471. The van der Waals surface area contributed by atoms with Crippen LogP contribution in [0.2, 0.25) is 0 Å². The molecule has 0 unspecified atom stereocenters. The Labute approximate surface area is 136 Å². The SMILES string of the molecule is Cn1c(Br)cnc1S(=O)(=O)NCCCOc1cccc(F)c1. The lowest BCUT2D eigenvalue weighted by atomic mass is 10.3. The van der Waals surface area contributed by atoms with Crippen molar-refractivity contribution >= 4 is 26.0 Å². The fourth-order valence-electron chi connectivity index (χ4n) is 1.71. The molecule has 0 bridgehead atoms. The smallest absolute Gasteiger partial charge is 0.274 e. The van der Waals surface area contributed by atoms with Crippen LogP contribution in [-0.4, -0.2) is 31.1 Å². The molecule has 9 heteroatoms. The first-order chi connectivity index (χ1) is 10.4. The van der Waals surface area contributed by atoms with E-state index in [9.17, 15) is 12.8 Å². The lowest BCUT2D eigenvalue weighted by molar-refractivity contribution is 0.310. The van der Waals surface area contributed by atoms with E-state index in [0.29, 0.717) is 16.8 Å². The van der Waals surface area contributed by atoms with Crippen LogP contribution in [0.25, 0.3) is 0 Å². The molecule has 0 saturated carbocycles. The molecule has 0 amide bonds. The van der Waals surface area contributed by atoms with Crippen LogP contribution in [0.3, 0.4) is 0 Å². The van der Waals surface area contributed by atoms with Crippen molar-refractivity contribution in [2.24, 2.45) is 7.05 Å². The zero-order valence-corrected chi connectivity index (χ0v) is 14.2. The van der Waals surface area contributed by atoms with Crippen molar-refractivity contribution in [2.75, 3.05) is 13.2 Å². The summed E-state index contributed by atoms with van der Waals surface area (Å²) in [4.78, 5) is 3.84. The van der Waals surface area contributed by atoms with Crippen LogP contribution >= 0.6 is 15.9 Å². The second kappa shape index (κ2) is 7.21. The number of sulfonamides is 1. The molecule has 0 aliphatic heterocycles. The van der Waals surface area contributed by atoms with Gasteiger partial charge in [0.1, 0.15) is 16.2 Å². The number of halogens is 2. The largest absolute Gasteiger partial charge is 0.493 e. The van der Waals surface area contributed by atoms with Crippen LogP contribution in [0, 0.1) is 5.82 Å². The van der Waals surface area contributed by atoms with Gasteiger partial charge >= 0.3 is 0 Å². The molecular weight excluding hydrogens is 377 g/mol. The van der Waals surface area contributed by atoms with Crippen LogP contribution < -0.4 is 9.46 Å². The Kier molecular flexibility index (Phi) is 5.54. The predicted octanol–water partition coefficient (Wildman–Crippen LogP) is 2.07. The van der Waals surface area contributed by atoms with Gasteiger partial charge in [0.05, 0.1) is 12.8 Å². The minimum Gasteiger partial charge on any atom is -0.493 e. The molecule has 0 aliphatic carbocycles. The Bertz CT molecular complexity index is 749. The lowest BCUT2D eigenvalue weighted by Gasteiger charge is -2.08. The molecule has 1 N–H and O–H groups in total. The van der Waals surface area contributed by atoms with Gasteiger partial charge in [0.2, 0.25) is 5.16 Å². The van der Waals surface area contributed by atoms with Crippen LogP contribution in [0.1, 0.15) is 6.42 Å². The summed E-state index contributed by atoms with van der Waals surface area (Å²) in [6, 6.07) is 5.78. The summed E-state index contributed by atoms with van der Waals surface area (Å²) >= 11 is 3.19. The number of ether oxygens (including phenoxy) is 1. The molecule has 0 saturated heterocycles. The highest BCUT2D eigenvalue weighted by Gasteiger charge is 2.20. The zero-order valence-electron chi connectivity index (χ0n) is 11.8. The number of imidazole rings is 1. The molecule has 1 heterocycles. The van der Waals surface area contributed by atoms with E-state index < -0.39 is 10.0 Å². The van der Waals surface area contributed by atoms with E-state index in [1.54, 1.807) is 19.2 Å². The Hall–Kier alpha value is -1.45. The average molecular weight is 392 g/mol. The number of benzene rings is 1. The molecule has 2 rings (SSSR count). The number of aromatic nitrogens is 2. The maximum absolute atomic E-state index is 12.9. The number of nitrogens with zero attached hydrogens (tertiary/aromatic N) is 2. The standard InChI is InChI=1S/C13H15BrFN3O3S/c1-18-12(14)9-16-13(18)22(19,20)17-6-3-7-21-11-5-2-4-10(15)8-11/h2,4-5,8-9,17H,3,6-7H2,1H3. The Morgan fingerprint density at radius 3 is 2.86 bits per heavy atom. The van der Waals surface area contributed by atoms with E-state index in [1.165, 1.54) is 22.9 Å². The highest BCUT2D eigenvalue weighted by atomic mass is 79.9. The molecule has 1 aromatic heterocycles. The molecular formula is C13H15BrFN3O3S. The van der Waals surface area contributed by atoms with E-state index in [-0.39, 0.29) is 24.1 Å². The summed E-state index contributed by atoms with van der Waals surface area (Å²) in [6.07, 6.45) is 1.86. The van der Waals surface area contributed by atoms with Gasteiger partial charge in [-0.3, -0.25) is 0 Å². The topological polar surface area (TPSA) is 73.2 Å². The highest BCUT2D eigenvalue weighted by Crippen LogP contribution is 2.14. The van der Waals surface area contributed by atoms with Crippen molar-refractivity contribution in [3.8, 4) is 5.75 Å². The quantitative estimate of drug-likeness (QED) is 0.733. The second-order valence-corrected chi connectivity index (χ2v) is 6.95. The predicted molar refractivity (Wildman–Crippen MR) is 82.6 cm³/mol. The molecule has 0 fully saturated rings. The summed E-state index contributed by atoms with van der Waals surface area (Å²) < 4.78 is 46.8. The molecule has 0 spiro atoms. The van der Waals surface area contributed by atoms with Crippen molar-refractivity contribution in [1.29, 1.82) is 0 Å². The Morgan fingerprint density at radius 2 is 2.23 bits per heavy atom. The summed E-state index contributed by atoms with van der Waals surface area (Å²) in [5.74, 6) is 0.0365. The normalized spacial score (nSPS) is 11.6. The molecule has 120 valence electrons. The van der Waals surface area contributed by atoms with Gasteiger partial charge < -0.3 is 9.30 Å². The summed E-state index contributed by atoms with van der Waals surface area (Å²) in [7, 11) is -2.07. The van der Waals surface area contributed by atoms with Gasteiger partial charge in [-0.05, 0) is 34.5 Å². The molecule has 22 heavy (non-hydrogen) atoms. The minimum absolute atomic E-state index is 0.0644. The third-order valence-electron chi connectivity index (χ3n) is 2.81. The molecule has 2 aromatic rings. The number of hydrogen-bond acceptors (Lipinski definition) is 4. The zero-order chi connectivity index (χ0) is 16.2. The van der Waals surface area contributed by atoms with Gasteiger partial charge in [-0.1, -0.05) is 6.07 Å². The maximum Gasteiger partial charge on any atom is 0.274 e. The van der Waals surface area contributed by atoms with E-state index >= 15 is 0 Å². The number of nitrogens with one attached hydrogen (secondary N) is 1. The fraction of sp³-hybridized carbons (Fsp3) is 0.308. The third kappa shape index (κ3) is 4.28. The first-order valence-corrected chi connectivity index (χ1v) is 8.73. The molecule has 6 nitrogen and oxygen atoms in total. The minimum atomic E-state index is -3.67. The van der Waals surface area contributed by atoms with Gasteiger partial charge in [-0.15, -0.1) is 0 Å². The maximum atomic E-state index is 12.9. The second-order valence-electron chi connectivity index (χ2n) is 4.48. The van der Waals surface area contributed by atoms with Crippen molar-refractivity contribution in [3.05, 3.63) is 40.9 Å². The van der Waals surface area contributed by atoms with E-state index in [2.05, 4.69) is 25.6 Å². The van der Waals surface area contributed by atoms with Crippen molar-refractivity contribution in [1.82, 2.24) is 14.3 Å². The van der Waals surface area contributed by atoms with Crippen molar-refractivity contribution in [3.63, 3.8) is 0 Å². The molecule has 0 radical (unpaired) electrons. The summed E-state index contributed by atoms with van der Waals surface area (Å²) in [5.41, 5.74) is 0. The Balaban J connectivity index is 1.80. The summed E-state index contributed by atoms with van der Waals surface area (Å²) in [5, 5.41) is -0.0644. The van der Waals surface area contributed by atoms with Crippen molar-refractivity contribution in [2.45, 2.75) is 11.6 Å². The van der Waals surface area contributed by atoms with Gasteiger partial charge in [0.15, 0.2) is 0 Å². The average Bonchev–Trinajstić information content (AvgIpc) is 2.79. The van der Waals surface area contributed by atoms with E-state index in [4.69, 9.17) is 4.74 Å². The van der Waals surface area contributed by atoms with Gasteiger partial charge in [-0.25, -0.2) is 22.5 Å². The van der Waals surface area contributed by atoms with Gasteiger partial charge in [-0.2, -0.15) is 0 Å². The van der Waals surface area contributed by atoms with Crippen LogP contribution in [0.15, 0.2) is 40.2 Å². The van der Waals surface area contributed by atoms with Gasteiger partial charge in [0, 0.05) is 19.7 Å². The molecule has 0 aliphatic rings. The number of hydrogen-bond donors (Lipinski definition) is 1. The Morgan fingerprint density at radius 1 is 1.45 bits per heavy atom. The number of rotatable bonds is 7. The third-order valence-corrected chi connectivity index (χ3v) is 4.99. The first-order valence-electron chi connectivity index (χ1n) is 6.45. The van der Waals surface area contributed by atoms with Crippen molar-refractivity contribution < 1.29 is 17.5 Å². The molecule has 1 aromatic carbocycles. The van der Waals surface area contributed by atoms with E-state index in [0.717, 1.165) is 0 Å². The lowest BCUT2D eigenvalue weighted by Crippen LogP contribution is -2.28. The van der Waals surface area contributed by atoms with Crippen LogP contribution in [-0.2, 0) is 17.1 Å². The highest BCUT2D eigenvalue weighted by molar-refractivity contribution is 9.10. The van der Waals surface area contributed by atoms with E-state index in [1.807, 2.05) is 0 Å². The van der Waals surface area contributed by atoms with Gasteiger partial charge in [0.25, 0.3) is 10.0 Å². The first kappa shape index (κ1) is 16.9. The fourth-order valence-corrected chi connectivity index (χ4v) is 3.29.